The first-order valence-corrected chi connectivity index (χ1v) is 9.96. The Morgan fingerprint density at radius 3 is 2.25 bits per heavy atom. The van der Waals surface area contributed by atoms with Gasteiger partial charge in [0.1, 0.15) is 5.75 Å². The number of rotatable bonds is 9. The maximum atomic E-state index is 13.5. The summed E-state index contributed by atoms with van der Waals surface area (Å²) >= 11 is 0. The van der Waals surface area contributed by atoms with E-state index in [2.05, 4.69) is 6.92 Å². The summed E-state index contributed by atoms with van der Waals surface area (Å²) < 4.78 is 16.6. The highest BCUT2D eigenvalue weighted by molar-refractivity contribution is 6.07. The number of methoxy groups -OCH3 is 1. The van der Waals surface area contributed by atoms with Crippen LogP contribution in [0.2, 0.25) is 0 Å². The van der Waals surface area contributed by atoms with E-state index in [0.717, 1.165) is 24.3 Å². The van der Waals surface area contributed by atoms with Crippen LogP contribution in [-0.4, -0.2) is 32.3 Å². The van der Waals surface area contributed by atoms with E-state index in [4.69, 9.17) is 14.2 Å². The van der Waals surface area contributed by atoms with Crippen LogP contribution in [0.25, 0.3) is 0 Å². The smallest absolute Gasteiger partial charge is 0.258 e. The summed E-state index contributed by atoms with van der Waals surface area (Å²) in [6.07, 6.45) is 2.32. The van der Waals surface area contributed by atoms with Gasteiger partial charge in [-0.25, -0.2) is 0 Å². The van der Waals surface area contributed by atoms with Gasteiger partial charge in [-0.2, -0.15) is 0 Å². The minimum absolute atomic E-state index is 0.0337. The van der Waals surface area contributed by atoms with Gasteiger partial charge in [-0.3, -0.25) is 4.79 Å². The van der Waals surface area contributed by atoms with Crippen LogP contribution >= 0.6 is 0 Å². The van der Waals surface area contributed by atoms with Crippen molar-refractivity contribution in [1.29, 1.82) is 0 Å². The van der Waals surface area contributed by atoms with E-state index >= 15 is 0 Å². The molecule has 150 valence electrons. The maximum Gasteiger partial charge on any atom is 0.258 e. The van der Waals surface area contributed by atoms with E-state index < -0.39 is 0 Å². The van der Waals surface area contributed by atoms with Gasteiger partial charge in [-0.15, -0.1) is 0 Å². The summed E-state index contributed by atoms with van der Waals surface area (Å²) in [4.78, 5) is 15.4. The number of hydrogen-bond donors (Lipinski definition) is 0. The number of hydrogen-bond acceptors (Lipinski definition) is 4. The molecule has 0 N–H and O–H groups in total. The zero-order valence-corrected chi connectivity index (χ0v) is 17.1. The number of ether oxygens (including phenoxy) is 3. The van der Waals surface area contributed by atoms with E-state index in [-0.39, 0.29) is 11.9 Å². The Morgan fingerprint density at radius 1 is 1.04 bits per heavy atom. The molecule has 1 aliphatic rings. The standard InChI is InChI=1S/C23H29NO4/c1-5-27-21-14-9-18(15-22(21)28-6-2)23(25)24(16(3)17-7-8-17)19-10-12-20(26-4)13-11-19/h9-17H,5-8H2,1-4H3. The minimum Gasteiger partial charge on any atom is -0.497 e. The van der Waals surface area contributed by atoms with Gasteiger partial charge in [0, 0.05) is 17.3 Å². The summed E-state index contributed by atoms with van der Waals surface area (Å²) in [6, 6.07) is 13.2. The van der Waals surface area contributed by atoms with Crippen LogP contribution < -0.4 is 19.1 Å². The Bertz CT molecular complexity index is 799. The molecule has 0 aromatic heterocycles. The van der Waals surface area contributed by atoms with Crippen molar-refractivity contribution < 1.29 is 19.0 Å². The molecule has 1 saturated carbocycles. The van der Waals surface area contributed by atoms with E-state index in [1.807, 2.05) is 55.1 Å². The molecule has 1 aliphatic carbocycles. The monoisotopic (exact) mass is 383 g/mol. The number of carbonyl (C=O) groups is 1. The topological polar surface area (TPSA) is 48.0 Å². The molecule has 2 aromatic carbocycles. The Morgan fingerprint density at radius 2 is 1.68 bits per heavy atom. The first-order chi connectivity index (χ1) is 13.6. The molecular weight excluding hydrogens is 354 g/mol. The third-order valence-electron chi connectivity index (χ3n) is 5.07. The zero-order chi connectivity index (χ0) is 20.1. The van der Waals surface area contributed by atoms with Gasteiger partial charge in [0.05, 0.1) is 20.3 Å². The van der Waals surface area contributed by atoms with Crippen molar-refractivity contribution in [2.75, 3.05) is 25.2 Å². The maximum absolute atomic E-state index is 13.5. The lowest BCUT2D eigenvalue weighted by Crippen LogP contribution is -2.40. The quantitative estimate of drug-likeness (QED) is 0.615. The highest BCUT2D eigenvalue weighted by atomic mass is 16.5. The van der Waals surface area contributed by atoms with Crippen LogP contribution in [0.4, 0.5) is 5.69 Å². The third kappa shape index (κ3) is 4.41. The summed E-state index contributed by atoms with van der Waals surface area (Å²) in [5.74, 6) is 2.54. The molecular formula is C23H29NO4. The van der Waals surface area contributed by atoms with E-state index in [0.29, 0.717) is 36.2 Å². The van der Waals surface area contributed by atoms with E-state index in [1.165, 1.54) is 0 Å². The number of nitrogens with zero attached hydrogens (tertiary/aromatic N) is 1. The highest BCUT2D eigenvalue weighted by Gasteiger charge is 2.35. The van der Waals surface area contributed by atoms with Crippen LogP contribution in [0, 0.1) is 5.92 Å². The summed E-state index contributed by atoms with van der Waals surface area (Å²) in [7, 11) is 1.64. The van der Waals surface area contributed by atoms with Crippen LogP contribution in [0.1, 0.15) is 44.0 Å². The molecule has 0 saturated heterocycles. The fraction of sp³-hybridized carbons (Fsp3) is 0.435. The van der Waals surface area contributed by atoms with Crippen molar-refractivity contribution in [3.05, 3.63) is 48.0 Å². The average Bonchev–Trinajstić information content (AvgIpc) is 3.55. The van der Waals surface area contributed by atoms with Gasteiger partial charge < -0.3 is 19.1 Å². The van der Waals surface area contributed by atoms with Crippen LogP contribution in [-0.2, 0) is 0 Å². The number of benzene rings is 2. The van der Waals surface area contributed by atoms with Crippen molar-refractivity contribution in [3.8, 4) is 17.2 Å². The molecule has 1 fully saturated rings. The average molecular weight is 383 g/mol. The molecule has 0 bridgehead atoms. The Hall–Kier alpha value is -2.69. The Labute approximate surface area is 167 Å². The number of anilines is 1. The second kappa shape index (κ2) is 9.00. The molecule has 1 amide bonds. The highest BCUT2D eigenvalue weighted by Crippen LogP contribution is 2.38. The largest absolute Gasteiger partial charge is 0.497 e. The van der Waals surface area contributed by atoms with Crippen molar-refractivity contribution >= 4 is 11.6 Å². The molecule has 0 spiro atoms. The lowest BCUT2D eigenvalue weighted by molar-refractivity contribution is 0.0975. The predicted octanol–water partition coefficient (Wildman–Crippen LogP) is 4.94. The third-order valence-corrected chi connectivity index (χ3v) is 5.07. The lowest BCUT2D eigenvalue weighted by Gasteiger charge is -2.30. The van der Waals surface area contributed by atoms with E-state index in [9.17, 15) is 4.79 Å². The molecule has 0 aliphatic heterocycles. The minimum atomic E-state index is -0.0337. The first-order valence-electron chi connectivity index (χ1n) is 9.96. The molecule has 5 heteroatoms. The summed E-state index contributed by atoms with van der Waals surface area (Å²) in [6.45, 7) is 7.03. The summed E-state index contributed by atoms with van der Waals surface area (Å²) in [5, 5.41) is 0. The van der Waals surface area contributed by atoms with Gasteiger partial charge in [0.25, 0.3) is 5.91 Å². The van der Waals surface area contributed by atoms with Gasteiger partial charge in [-0.1, -0.05) is 0 Å². The van der Waals surface area contributed by atoms with E-state index in [1.54, 1.807) is 13.2 Å². The molecule has 0 heterocycles. The van der Waals surface area contributed by atoms with Crippen LogP contribution in [0.3, 0.4) is 0 Å². The summed E-state index contributed by atoms with van der Waals surface area (Å²) in [5.41, 5.74) is 1.47. The predicted molar refractivity (Wildman–Crippen MR) is 111 cm³/mol. The lowest BCUT2D eigenvalue weighted by atomic mass is 10.1. The number of amides is 1. The molecule has 5 nitrogen and oxygen atoms in total. The van der Waals surface area contributed by atoms with Crippen molar-refractivity contribution in [2.24, 2.45) is 5.92 Å². The van der Waals surface area contributed by atoms with Crippen LogP contribution in [0.5, 0.6) is 17.2 Å². The van der Waals surface area contributed by atoms with Gasteiger partial charge in [0.15, 0.2) is 11.5 Å². The molecule has 1 unspecified atom stereocenters. The molecule has 0 radical (unpaired) electrons. The number of carbonyl (C=O) groups excluding carboxylic acids is 1. The second-order valence-corrected chi connectivity index (χ2v) is 6.98. The Balaban J connectivity index is 1.95. The molecule has 1 atom stereocenters. The molecule has 2 aromatic rings. The first kappa shape index (κ1) is 20.1. The molecule has 3 rings (SSSR count). The normalized spacial score (nSPS) is 14.3. The SMILES string of the molecule is CCOc1ccc(C(=O)N(c2ccc(OC)cc2)C(C)C2CC2)cc1OCC. The van der Waals surface area contributed by atoms with Crippen molar-refractivity contribution in [1.82, 2.24) is 0 Å². The fourth-order valence-corrected chi connectivity index (χ4v) is 3.39. The second-order valence-electron chi connectivity index (χ2n) is 6.98. The van der Waals surface area contributed by atoms with Crippen molar-refractivity contribution in [2.45, 2.75) is 39.7 Å². The van der Waals surface area contributed by atoms with Gasteiger partial charge in [0.2, 0.25) is 0 Å². The molecule has 28 heavy (non-hydrogen) atoms. The van der Waals surface area contributed by atoms with Gasteiger partial charge in [-0.05, 0) is 82.0 Å². The fourth-order valence-electron chi connectivity index (χ4n) is 3.39. The Kier molecular flexibility index (Phi) is 6.45. The van der Waals surface area contributed by atoms with Gasteiger partial charge >= 0.3 is 0 Å². The zero-order valence-electron chi connectivity index (χ0n) is 17.1. The van der Waals surface area contributed by atoms with Crippen LogP contribution in [0.15, 0.2) is 42.5 Å². The van der Waals surface area contributed by atoms with Crippen molar-refractivity contribution in [3.63, 3.8) is 0 Å².